The number of anilines is 1. The Hall–Kier alpha value is -2.37. The number of para-hydroxylation sites is 2. The molecule has 1 saturated carbocycles. The molecule has 1 saturated heterocycles. The highest BCUT2D eigenvalue weighted by molar-refractivity contribution is 5.77. The van der Waals surface area contributed by atoms with Gasteiger partial charge in [-0.25, -0.2) is 4.98 Å². The van der Waals surface area contributed by atoms with Gasteiger partial charge in [-0.2, -0.15) is 0 Å². The first-order valence-electron chi connectivity index (χ1n) is 11.2. The summed E-state index contributed by atoms with van der Waals surface area (Å²) in [5, 5.41) is 0. The minimum absolute atomic E-state index is 0.0208. The fourth-order valence-corrected chi connectivity index (χ4v) is 4.77. The van der Waals surface area contributed by atoms with E-state index in [0.29, 0.717) is 50.9 Å². The lowest BCUT2D eigenvalue weighted by atomic mass is 9.86. The second-order valence-electron chi connectivity index (χ2n) is 8.46. The third kappa shape index (κ3) is 4.31. The molecule has 4 rings (SSSR count). The molecule has 0 unspecified atom stereocenters. The number of aromatic nitrogens is 2. The van der Waals surface area contributed by atoms with E-state index in [-0.39, 0.29) is 11.5 Å². The van der Waals surface area contributed by atoms with Crippen LogP contribution < -0.4 is 10.5 Å². The third-order valence-corrected chi connectivity index (χ3v) is 6.40. The van der Waals surface area contributed by atoms with Gasteiger partial charge in [0.1, 0.15) is 0 Å². The van der Waals surface area contributed by atoms with Gasteiger partial charge in [0, 0.05) is 39.1 Å². The van der Waals surface area contributed by atoms with Crippen molar-refractivity contribution in [3.63, 3.8) is 0 Å². The van der Waals surface area contributed by atoms with Crippen LogP contribution in [-0.2, 0) is 11.3 Å². The zero-order chi connectivity index (χ0) is 20.2. The lowest BCUT2D eigenvalue weighted by Gasteiger charge is -2.36. The van der Waals surface area contributed by atoms with Crippen molar-refractivity contribution in [2.24, 2.45) is 5.92 Å². The molecule has 156 valence electrons. The first-order chi connectivity index (χ1) is 14.2. The molecular formula is C23H32N4O2. The minimum Gasteiger partial charge on any atom is -0.348 e. The number of rotatable bonds is 5. The van der Waals surface area contributed by atoms with Gasteiger partial charge in [-0.05, 0) is 37.3 Å². The molecule has 1 amide bonds. The molecule has 2 fully saturated rings. The molecule has 2 heterocycles. The molecule has 0 radical (unpaired) electrons. The zero-order valence-electron chi connectivity index (χ0n) is 17.5. The number of carbonyl (C=O) groups is 1. The van der Waals surface area contributed by atoms with Crippen molar-refractivity contribution in [1.82, 2.24) is 14.5 Å². The largest absolute Gasteiger partial charge is 0.348 e. The number of benzene rings is 1. The van der Waals surface area contributed by atoms with Crippen molar-refractivity contribution in [3.05, 3.63) is 34.6 Å². The third-order valence-electron chi connectivity index (χ3n) is 6.40. The number of hydrogen-bond acceptors (Lipinski definition) is 4. The minimum atomic E-state index is -0.0208. The maximum Gasteiger partial charge on any atom is 0.294 e. The summed E-state index contributed by atoms with van der Waals surface area (Å²) in [6.45, 7) is 5.46. The fraction of sp³-hybridized carbons (Fsp3) is 0.609. The number of hydrogen-bond donors (Lipinski definition) is 0. The van der Waals surface area contributed by atoms with Gasteiger partial charge in [0.15, 0.2) is 5.82 Å². The predicted octanol–water partition coefficient (Wildman–Crippen LogP) is 3.43. The molecule has 1 aliphatic heterocycles. The normalized spacial score (nSPS) is 18.4. The number of nitrogens with zero attached hydrogens (tertiary/aromatic N) is 4. The topological polar surface area (TPSA) is 58.4 Å². The standard InChI is InChI=1S/C23H32N4O2/c1-2-12-27-20-11-7-6-10-19(20)24-22(23(27)29)26-15-13-25(14-16-26)21(28)17-18-8-4-3-5-9-18/h6-7,10-11,18H,2-5,8-9,12-17H2,1H3. The summed E-state index contributed by atoms with van der Waals surface area (Å²) >= 11 is 0. The van der Waals surface area contributed by atoms with Crippen molar-refractivity contribution in [2.75, 3.05) is 31.1 Å². The van der Waals surface area contributed by atoms with E-state index < -0.39 is 0 Å². The van der Waals surface area contributed by atoms with Crippen LogP contribution in [-0.4, -0.2) is 46.5 Å². The van der Waals surface area contributed by atoms with E-state index in [9.17, 15) is 9.59 Å². The number of piperazine rings is 1. The number of amides is 1. The monoisotopic (exact) mass is 396 g/mol. The Kier molecular flexibility index (Phi) is 6.16. The van der Waals surface area contributed by atoms with E-state index >= 15 is 0 Å². The lowest BCUT2D eigenvalue weighted by molar-refractivity contribution is -0.132. The summed E-state index contributed by atoms with van der Waals surface area (Å²) in [6.07, 6.45) is 7.84. The summed E-state index contributed by atoms with van der Waals surface area (Å²) in [5.74, 6) is 1.38. The van der Waals surface area contributed by atoms with Gasteiger partial charge in [0.25, 0.3) is 5.56 Å². The first kappa shape index (κ1) is 19.9. The molecule has 0 bridgehead atoms. The first-order valence-corrected chi connectivity index (χ1v) is 11.2. The molecule has 29 heavy (non-hydrogen) atoms. The van der Waals surface area contributed by atoms with Gasteiger partial charge in [0.2, 0.25) is 5.91 Å². The maximum absolute atomic E-state index is 13.1. The van der Waals surface area contributed by atoms with Crippen LogP contribution in [0.1, 0.15) is 51.9 Å². The fourth-order valence-electron chi connectivity index (χ4n) is 4.77. The zero-order valence-corrected chi connectivity index (χ0v) is 17.5. The van der Waals surface area contributed by atoms with E-state index in [1.165, 1.54) is 32.1 Å². The quantitative estimate of drug-likeness (QED) is 0.777. The SMILES string of the molecule is CCCn1c(=O)c(N2CCN(C(=O)CC3CCCCC3)CC2)nc2ccccc21. The van der Waals surface area contributed by atoms with Crippen LogP contribution in [0, 0.1) is 5.92 Å². The van der Waals surface area contributed by atoms with Crippen LogP contribution >= 0.6 is 0 Å². The smallest absolute Gasteiger partial charge is 0.294 e. The van der Waals surface area contributed by atoms with E-state index in [0.717, 1.165) is 17.5 Å². The Bertz CT molecular complexity index is 909. The van der Waals surface area contributed by atoms with Gasteiger partial charge in [-0.3, -0.25) is 9.59 Å². The van der Waals surface area contributed by atoms with Gasteiger partial charge < -0.3 is 14.4 Å². The molecule has 1 aromatic carbocycles. The van der Waals surface area contributed by atoms with Crippen molar-refractivity contribution in [3.8, 4) is 0 Å². The van der Waals surface area contributed by atoms with Crippen LogP contribution in [0.5, 0.6) is 0 Å². The van der Waals surface area contributed by atoms with Crippen LogP contribution in [0.15, 0.2) is 29.1 Å². The second kappa shape index (κ2) is 8.97. The van der Waals surface area contributed by atoms with Gasteiger partial charge >= 0.3 is 0 Å². The molecule has 0 spiro atoms. The molecular weight excluding hydrogens is 364 g/mol. The molecule has 0 atom stereocenters. The number of carbonyl (C=O) groups excluding carboxylic acids is 1. The average Bonchev–Trinajstić information content (AvgIpc) is 2.76. The van der Waals surface area contributed by atoms with Crippen molar-refractivity contribution >= 4 is 22.8 Å². The summed E-state index contributed by atoms with van der Waals surface area (Å²) in [5.41, 5.74) is 1.73. The Morgan fingerprint density at radius 2 is 1.79 bits per heavy atom. The Morgan fingerprint density at radius 3 is 2.52 bits per heavy atom. The molecule has 6 heteroatoms. The Labute approximate surface area is 172 Å². The predicted molar refractivity (Wildman–Crippen MR) is 116 cm³/mol. The Balaban J connectivity index is 1.47. The van der Waals surface area contributed by atoms with Gasteiger partial charge in [-0.1, -0.05) is 38.3 Å². The number of fused-ring (bicyclic) bond motifs is 1. The lowest BCUT2D eigenvalue weighted by Crippen LogP contribution is -2.51. The van der Waals surface area contributed by atoms with Crippen molar-refractivity contribution in [1.29, 1.82) is 0 Å². The molecule has 1 aliphatic carbocycles. The maximum atomic E-state index is 13.1. The van der Waals surface area contributed by atoms with E-state index in [4.69, 9.17) is 4.98 Å². The van der Waals surface area contributed by atoms with Crippen LogP contribution in [0.4, 0.5) is 5.82 Å². The molecule has 2 aromatic rings. The van der Waals surface area contributed by atoms with Gasteiger partial charge in [-0.15, -0.1) is 0 Å². The van der Waals surface area contributed by atoms with E-state index in [1.807, 2.05) is 33.7 Å². The molecule has 6 nitrogen and oxygen atoms in total. The van der Waals surface area contributed by atoms with E-state index in [2.05, 4.69) is 11.8 Å². The van der Waals surface area contributed by atoms with E-state index in [1.54, 1.807) is 0 Å². The summed E-state index contributed by atoms with van der Waals surface area (Å²) in [4.78, 5) is 34.6. The molecule has 1 aromatic heterocycles. The highest BCUT2D eigenvalue weighted by atomic mass is 16.2. The summed E-state index contributed by atoms with van der Waals surface area (Å²) in [6, 6.07) is 7.84. The van der Waals surface area contributed by atoms with Crippen molar-refractivity contribution < 1.29 is 4.79 Å². The van der Waals surface area contributed by atoms with Gasteiger partial charge in [0.05, 0.1) is 11.0 Å². The number of aryl methyl sites for hydroxylation is 1. The summed E-state index contributed by atoms with van der Waals surface area (Å²) < 4.78 is 1.85. The Morgan fingerprint density at radius 1 is 1.07 bits per heavy atom. The second-order valence-corrected chi connectivity index (χ2v) is 8.46. The average molecular weight is 397 g/mol. The van der Waals surface area contributed by atoms with Crippen molar-refractivity contribution in [2.45, 2.75) is 58.4 Å². The molecule has 2 aliphatic rings. The van der Waals surface area contributed by atoms with Crippen LogP contribution in [0.2, 0.25) is 0 Å². The highest BCUT2D eigenvalue weighted by Crippen LogP contribution is 2.27. The molecule has 0 N–H and O–H groups in total. The van der Waals surface area contributed by atoms with Crippen LogP contribution in [0.25, 0.3) is 11.0 Å². The summed E-state index contributed by atoms with van der Waals surface area (Å²) in [7, 11) is 0. The highest BCUT2D eigenvalue weighted by Gasteiger charge is 2.26. The van der Waals surface area contributed by atoms with Crippen LogP contribution in [0.3, 0.4) is 0 Å².